The smallest absolute Gasteiger partial charge is 0.255 e. The summed E-state index contributed by atoms with van der Waals surface area (Å²) in [6, 6.07) is 16.7. The van der Waals surface area contributed by atoms with Gasteiger partial charge in [0.05, 0.1) is 17.7 Å². The second-order valence-electron chi connectivity index (χ2n) is 4.97. The fourth-order valence-corrected chi connectivity index (χ4v) is 3.24. The van der Waals surface area contributed by atoms with E-state index in [0.29, 0.717) is 17.7 Å². The number of carbonyl (C=O) groups excluding carboxylic acids is 1. The molecule has 1 N–H and O–H groups in total. The van der Waals surface area contributed by atoms with Gasteiger partial charge >= 0.3 is 0 Å². The minimum Gasteiger partial charge on any atom is -0.395 e. The van der Waals surface area contributed by atoms with Crippen molar-refractivity contribution in [3.8, 4) is 6.07 Å². The lowest BCUT2D eigenvalue weighted by Gasteiger charge is -2.21. The highest BCUT2D eigenvalue weighted by atomic mass is 32.2. The molecule has 0 saturated heterocycles. The van der Waals surface area contributed by atoms with E-state index in [2.05, 4.69) is 12.6 Å². The highest BCUT2D eigenvalue weighted by Crippen LogP contribution is 2.33. The fraction of sp³-hybridized carbons (Fsp3) is 0.158. The lowest BCUT2D eigenvalue weighted by atomic mass is 10.2. The van der Waals surface area contributed by atoms with Crippen molar-refractivity contribution in [2.75, 3.05) is 19.7 Å². The minimum atomic E-state index is -0.165. The molecule has 0 bridgehead atoms. The summed E-state index contributed by atoms with van der Waals surface area (Å²) in [6.07, 6.45) is 1.63. The highest BCUT2D eigenvalue weighted by Gasteiger charge is 2.18. The van der Waals surface area contributed by atoms with Crippen LogP contribution in [-0.4, -0.2) is 35.6 Å². The van der Waals surface area contributed by atoms with Crippen LogP contribution < -0.4 is 0 Å². The molecule has 0 atom stereocenters. The molecule has 0 saturated carbocycles. The van der Waals surface area contributed by atoms with Crippen molar-refractivity contribution in [3.05, 3.63) is 72.3 Å². The van der Waals surface area contributed by atoms with Gasteiger partial charge in [-0.25, -0.2) is 0 Å². The highest BCUT2D eigenvalue weighted by molar-refractivity contribution is 7.99. The minimum absolute atomic E-state index is 0.105. The van der Waals surface area contributed by atoms with Crippen LogP contribution in [0.3, 0.4) is 0 Å². The molecule has 2 aromatic carbocycles. The number of aliphatic hydroxyl groups is 1. The van der Waals surface area contributed by atoms with Gasteiger partial charge in [-0.1, -0.05) is 42.1 Å². The van der Waals surface area contributed by atoms with E-state index in [1.807, 2.05) is 30.3 Å². The van der Waals surface area contributed by atoms with Crippen LogP contribution in [0.15, 0.2) is 71.0 Å². The third-order valence-corrected chi connectivity index (χ3v) is 4.50. The van der Waals surface area contributed by atoms with Crippen LogP contribution >= 0.6 is 11.8 Å². The van der Waals surface area contributed by atoms with Crippen molar-refractivity contribution in [2.24, 2.45) is 0 Å². The lowest BCUT2D eigenvalue weighted by Crippen LogP contribution is -2.34. The summed E-state index contributed by atoms with van der Waals surface area (Å²) in [5.41, 5.74) is 1.12. The van der Waals surface area contributed by atoms with Gasteiger partial charge in [-0.15, -0.1) is 6.58 Å². The van der Waals surface area contributed by atoms with Crippen molar-refractivity contribution in [3.63, 3.8) is 0 Å². The third kappa shape index (κ3) is 4.25. The summed E-state index contributed by atoms with van der Waals surface area (Å²) in [4.78, 5) is 15.9. The first-order valence-corrected chi connectivity index (χ1v) is 8.30. The van der Waals surface area contributed by atoms with Gasteiger partial charge in [-0.2, -0.15) is 5.26 Å². The van der Waals surface area contributed by atoms with E-state index in [1.165, 1.54) is 11.8 Å². The monoisotopic (exact) mass is 338 g/mol. The molecule has 2 rings (SSSR count). The van der Waals surface area contributed by atoms with Gasteiger partial charge in [0, 0.05) is 22.9 Å². The molecular formula is C19H18N2O2S. The molecule has 0 aliphatic heterocycles. The maximum Gasteiger partial charge on any atom is 0.255 e. The Balaban J connectivity index is 2.35. The zero-order valence-electron chi connectivity index (χ0n) is 13.2. The molecule has 0 heterocycles. The number of nitrogens with zero attached hydrogens (tertiary/aromatic N) is 2. The van der Waals surface area contributed by atoms with Crippen molar-refractivity contribution in [2.45, 2.75) is 9.79 Å². The first kappa shape index (κ1) is 17.8. The Morgan fingerprint density at radius 1 is 1.21 bits per heavy atom. The zero-order valence-corrected chi connectivity index (χ0v) is 14.0. The molecule has 122 valence electrons. The molecule has 0 aliphatic carbocycles. The number of aliphatic hydroxyl groups excluding tert-OH is 1. The first-order valence-electron chi connectivity index (χ1n) is 7.48. The number of carbonyl (C=O) groups is 1. The number of rotatable bonds is 7. The largest absolute Gasteiger partial charge is 0.395 e. The van der Waals surface area contributed by atoms with Crippen molar-refractivity contribution < 1.29 is 9.90 Å². The van der Waals surface area contributed by atoms with Crippen molar-refractivity contribution in [1.82, 2.24) is 4.90 Å². The van der Waals surface area contributed by atoms with E-state index in [-0.39, 0.29) is 19.1 Å². The topological polar surface area (TPSA) is 64.3 Å². The van der Waals surface area contributed by atoms with Gasteiger partial charge in [0.1, 0.15) is 6.07 Å². The molecule has 0 spiro atoms. The summed E-state index contributed by atoms with van der Waals surface area (Å²) in [5, 5.41) is 18.4. The predicted molar refractivity (Wildman–Crippen MR) is 94.9 cm³/mol. The van der Waals surface area contributed by atoms with Crippen LogP contribution in [0.2, 0.25) is 0 Å². The molecule has 0 aliphatic rings. The lowest BCUT2D eigenvalue weighted by molar-refractivity contribution is 0.0739. The number of benzene rings is 2. The van der Waals surface area contributed by atoms with E-state index in [0.717, 1.165) is 9.79 Å². The summed E-state index contributed by atoms with van der Waals surface area (Å²) < 4.78 is 0. The van der Waals surface area contributed by atoms with Gasteiger partial charge in [-0.05, 0) is 24.3 Å². The molecule has 1 amide bonds. The van der Waals surface area contributed by atoms with Crippen LogP contribution in [0, 0.1) is 11.3 Å². The molecule has 0 fully saturated rings. The molecule has 5 heteroatoms. The van der Waals surface area contributed by atoms with Gasteiger partial charge < -0.3 is 10.0 Å². The van der Waals surface area contributed by atoms with Gasteiger partial charge in [0.15, 0.2) is 0 Å². The van der Waals surface area contributed by atoms with Crippen LogP contribution in [0.25, 0.3) is 0 Å². The fourth-order valence-electron chi connectivity index (χ4n) is 2.22. The summed E-state index contributed by atoms with van der Waals surface area (Å²) >= 11 is 1.39. The number of amides is 1. The van der Waals surface area contributed by atoms with Gasteiger partial charge in [0.2, 0.25) is 0 Å². The van der Waals surface area contributed by atoms with Crippen LogP contribution in [0.1, 0.15) is 15.9 Å². The van der Waals surface area contributed by atoms with E-state index in [1.54, 1.807) is 29.2 Å². The summed E-state index contributed by atoms with van der Waals surface area (Å²) in [5.74, 6) is -0.165. The molecular weight excluding hydrogens is 320 g/mol. The Bertz CT molecular complexity index is 768. The van der Waals surface area contributed by atoms with Crippen LogP contribution in [-0.2, 0) is 0 Å². The quantitative estimate of drug-likeness (QED) is 0.787. The Morgan fingerprint density at radius 3 is 2.54 bits per heavy atom. The average Bonchev–Trinajstić information content (AvgIpc) is 2.62. The standard InChI is InChI=1S/C19H18N2O2S/c1-2-11-21(12-13-22)19(23)16-8-4-6-10-18(16)24-17-9-5-3-7-15(17)14-20/h2-10,22H,1,11-13H2. The third-order valence-electron chi connectivity index (χ3n) is 3.35. The second kappa shape index (κ2) is 8.92. The predicted octanol–water partition coefficient (Wildman–Crippen LogP) is 3.33. The Labute approximate surface area is 146 Å². The molecule has 24 heavy (non-hydrogen) atoms. The summed E-state index contributed by atoms with van der Waals surface area (Å²) in [6.45, 7) is 4.17. The van der Waals surface area contributed by atoms with Gasteiger partial charge in [0.25, 0.3) is 5.91 Å². The molecule has 0 unspecified atom stereocenters. The first-order chi connectivity index (χ1) is 11.7. The van der Waals surface area contributed by atoms with Crippen LogP contribution in [0.4, 0.5) is 0 Å². The zero-order chi connectivity index (χ0) is 17.4. The maximum absolute atomic E-state index is 12.8. The van der Waals surface area contributed by atoms with E-state index >= 15 is 0 Å². The van der Waals surface area contributed by atoms with E-state index < -0.39 is 0 Å². The van der Waals surface area contributed by atoms with Crippen molar-refractivity contribution in [1.29, 1.82) is 5.26 Å². The Kier molecular flexibility index (Phi) is 6.62. The number of hydrogen-bond acceptors (Lipinski definition) is 4. The number of hydrogen-bond donors (Lipinski definition) is 1. The SMILES string of the molecule is C=CCN(CCO)C(=O)c1ccccc1Sc1ccccc1C#N. The van der Waals surface area contributed by atoms with Crippen molar-refractivity contribution >= 4 is 17.7 Å². The Morgan fingerprint density at radius 2 is 1.88 bits per heavy atom. The van der Waals surface area contributed by atoms with Crippen LogP contribution in [0.5, 0.6) is 0 Å². The second-order valence-corrected chi connectivity index (χ2v) is 6.05. The molecule has 4 nitrogen and oxygen atoms in total. The molecule has 0 radical (unpaired) electrons. The average molecular weight is 338 g/mol. The summed E-state index contributed by atoms with van der Waals surface area (Å²) in [7, 11) is 0. The maximum atomic E-state index is 12.8. The normalized spacial score (nSPS) is 10.0. The molecule has 0 aromatic heterocycles. The van der Waals surface area contributed by atoms with Gasteiger partial charge in [-0.3, -0.25) is 4.79 Å². The Hall–Kier alpha value is -2.55. The van der Waals surface area contributed by atoms with E-state index in [4.69, 9.17) is 5.11 Å². The van der Waals surface area contributed by atoms with E-state index in [9.17, 15) is 10.1 Å². The molecule has 2 aromatic rings. The number of nitriles is 1.